The molecule has 2 N–H and O–H groups in total. The van der Waals surface area contributed by atoms with Crippen molar-refractivity contribution >= 4 is 12.2 Å². The number of rotatable bonds is 6. The zero-order valence-corrected chi connectivity index (χ0v) is 18.9. The second kappa shape index (κ2) is 10.2. The van der Waals surface area contributed by atoms with Crippen LogP contribution in [0.25, 0.3) is 0 Å². The Kier molecular flexibility index (Phi) is 7.15. The first-order valence-electron chi connectivity index (χ1n) is 11.2. The molecular weight excluding hydrogens is 424 g/mol. The Hall–Kier alpha value is -3.10. The molecule has 0 radical (unpaired) electrons. The highest BCUT2D eigenvalue weighted by atomic mass is 16.8. The van der Waals surface area contributed by atoms with Crippen LogP contribution in [0.15, 0.2) is 60.7 Å². The van der Waals surface area contributed by atoms with Crippen molar-refractivity contribution in [2.75, 3.05) is 0 Å². The van der Waals surface area contributed by atoms with Crippen molar-refractivity contribution in [1.29, 1.82) is 0 Å². The number of hydrogen-bond acceptors (Lipinski definition) is 6. The molecule has 4 rings (SSSR count). The van der Waals surface area contributed by atoms with E-state index in [1.54, 1.807) is 0 Å². The Bertz CT molecular complexity index is 861. The standard InChI is InChI=1S/C25H30N2O6/c1-25(2)32-21-13-19(26-23(28)30-15-17-9-5-3-6-10-17)20(14-22(21)33-25)27-24(29)31-16-18-11-7-4-8-12-18/h3-12,19-22H,13-16H2,1-2H3,(H,26,28)(H,27,29)/t19-,20+,21-,22+. The molecule has 2 amide bonds. The summed E-state index contributed by atoms with van der Waals surface area (Å²) in [7, 11) is 0. The van der Waals surface area contributed by atoms with E-state index in [4.69, 9.17) is 18.9 Å². The second-order valence-corrected chi connectivity index (χ2v) is 8.81. The number of hydrogen-bond donors (Lipinski definition) is 2. The zero-order valence-electron chi connectivity index (χ0n) is 18.9. The molecule has 8 heteroatoms. The van der Waals surface area contributed by atoms with Crippen LogP contribution in [0.1, 0.15) is 37.8 Å². The first-order valence-corrected chi connectivity index (χ1v) is 11.2. The van der Waals surface area contributed by atoms with Crippen molar-refractivity contribution in [3.05, 3.63) is 71.8 Å². The summed E-state index contributed by atoms with van der Waals surface area (Å²) in [5.74, 6) is -0.712. The molecule has 1 saturated carbocycles. The van der Waals surface area contributed by atoms with Gasteiger partial charge in [-0.1, -0.05) is 60.7 Å². The molecule has 8 nitrogen and oxygen atoms in total. The lowest BCUT2D eigenvalue weighted by Crippen LogP contribution is -2.58. The second-order valence-electron chi connectivity index (χ2n) is 8.81. The minimum absolute atomic E-state index is 0.162. The topological polar surface area (TPSA) is 95.1 Å². The summed E-state index contributed by atoms with van der Waals surface area (Å²) in [6, 6.07) is 18.1. The molecule has 0 spiro atoms. The maximum atomic E-state index is 12.5. The van der Waals surface area contributed by atoms with E-state index in [0.717, 1.165) is 11.1 Å². The molecular formula is C25H30N2O6. The number of alkyl carbamates (subject to hydrolysis) is 2. The normalized spacial score (nSPS) is 25.5. The van der Waals surface area contributed by atoms with Gasteiger partial charge in [-0.2, -0.15) is 0 Å². The lowest BCUT2D eigenvalue weighted by atomic mass is 9.86. The van der Waals surface area contributed by atoms with Crippen molar-refractivity contribution in [2.24, 2.45) is 0 Å². The highest BCUT2D eigenvalue weighted by molar-refractivity contribution is 5.69. The summed E-state index contributed by atoms with van der Waals surface area (Å²) < 4.78 is 22.7. The summed E-state index contributed by atoms with van der Waals surface area (Å²) >= 11 is 0. The molecule has 176 valence electrons. The Morgan fingerprint density at radius 3 is 1.58 bits per heavy atom. The smallest absolute Gasteiger partial charge is 0.407 e. The summed E-state index contributed by atoms with van der Waals surface area (Å²) in [6.07, 6.45) is -0.499. The summed E-state index contributed by atoms with van der Waals surface area (Å²) in [5, 5.41) is 5.78. The van der Waals surface area contributed by atoms with Crippen LogP contribution >= 0.6 is 0 Å². The fourth-order valence-corrected chi connectivity index (χ4v) is 4.29. The third-order valence-electron chi connectivity index (χ3n) is 5.78. The fraction of sp³-hybridized carbons (Fsp3) is 0.440. The maximum Gasteiger partial charge on any atom is 0.407 e. The average Bonchev–Trinajstić information content (AvgIpc) is 3.10. The van der Waals surface area contributed by atoms with Gasteiger partial charge in [0, 0.05) is 0 Å². The van der Waals surface area contributed by atoms with Crippen molar-refractivity contribution in [2.45, 2.75) is 70.0 Å². The van der Waals surface area contributed by atoms with Gasteiger partial charge >= 0.3 is 12.2 Å². The fourth-order valence-electron chi connectivity index (χ4n) is 4.29. The number of nitrogens with one attached hydrogen (secondary N) is 2. The number of carbonyl (C=O) groups is 2. The Balaban J connectivity index is 1.36. The largest absolute Gasteiger partial charge is 0.445 e. The van der Waals surface area contributed by atoms with E-state index in [9.17, 15) is 9.59 Å². The molecule has 1 saturated heterocycles. The molecule has 0 aromatic heterocycles. The third-order valence-corrected chi connectivity index (χ3v) is 5.78. The minimum Gasteiger partial charge on any atom is -0.445 e. The van der Waals surface area contributed by atoms with E-state index in [-0.39, 0.29) is 25.4 Å². The van der Waals surface area contributed by atoms with Crippen LogP contribution in [0, 0.1) is 0 Å². The van der Waals surface area contributed by atoms with E-state index in [2.05, 4.69) is 10.6 Å². The zero-order chi connectivity index (χ0) is 23.3. The van der Waals surface area contributed by atoms with Gasteiger partial charge in [0.05, 0.1) is 24.3 Å². The van der Waals surface area contributed by atoms with Crippen LogP contribution in [-0.2, 0) is 32.2 Å². The van der Waals surface area contributed by atoms with Crippen molar-refractivity contribution in [3.63, 3.8) is 0 Å². The maximum absolute atomic E-state index is 12.5. The molecule has 2 aliphatic rings. The van der Waals surface area contributed by atoms with E-state index in [1.807, 2.05) is 74.5 Å². The number of carbonyl (C=O) groups excluding carboxylic acids is 2. The van der Waals surface area contributed by atoms with E-state index >= 15 is 0 Å². The van der Waals surface area contributed by atoms with E-state index < -0.39 is 30.1 Å². The van der Waals surface area contributed by atoms with Gasteiger partial charge in [-0.15, -0.1) is 0 Å². The van der Waals surface area contributed by atoms with Crippen LogP contribution < -0.4 is 10.6 Å². The predicted molar refractivity (Wildman–Crippen MR) is 120 cm³/mol. The van der Waals surface area contributed by atoms with Crippen LogP contribution in [0.2, 0.25) is 0 Å². The monoisotopic (exact) mass is 454 g/mol. The molecule has 2 aromatic carbocycles. The van der Waals surface area contributed by atoms with E-state index in [0.29, 0.717) is 12.8 Å². The lowest BCUT2D eigenvalue weighted by Gasteiger charge is -2.36. The van der Waals surface area contributed by atoms with Crippen LogP contribution in [-0.4, -0.2) is 42.3 Å². The van der Waals surface area contributed by atoms with Crippen LogP contribution in [0.5, 0.6) is 0 Å². The highest BCUT2D eigenvalue weighted by Crippen LogP contribution is 2.37. The molecule has 1 aliphatic heterocycles. The first kappa shape index (κ1) is 23.1. The van der Waals surface area contributed by atoms with Crippen molar-refractivity contribution in [1.82, 2.24) is 10.6 Å². The van der Waals surface area contributed by atoms with E-state index in [1.165, 1.54) is 0 Å². The lowest BCUT2D eigenvalue weighted by molar-refractivity contribution is -0.145. The third kappa shape index (κ3) is 6.46. The summed E-state index contributed by atoms with van der Waals surface area (Å²) in [6.45, 7) is 4.04. The number of fused-ring (bicyclic) bond motifs is 1. The van der Waals surface area contributed by atoms with Crippen molar-refractivity contribution in [3.8, 4) is 0 Å². The molecule has 1 aliphatic carbocycles. The van der Waals surface area contributed by atoms with Crippen LogP contribution in [0.3, 0.4) is 0 Å². The van der Waals surface area contributed by atoms with Gasteiger partial charge in [0.25, 0.3) is 0 Å². The van der Waals surface area contributed by atoms with Gasteiger partial charge in [-0.25, -0.2) is 9.59 Å². The minimum atomic E-state index is -0.712. The molecule has 2 fully saturated rings. The number of benzene rings is 2. The molecule has 33 heavy (non-hydrogen) atoms. The van der Waals surface area contributed by atoms with Gasteiger partial charge in [-0.05, 0) is 37.8 Å². The van der Waals surface area contributed by atoms with Gasteiger partial charge in [-0.3, -0.25) is 0 Å². The Morgan fingerprint density at radius 1 is 0.788 bits per heavy atom. The number of amides is 2. The molecule has 0 bridgehead atoms. The van der Waals surface area contributed by atoms with Gasteiger partial charge < -0.3 is 29.6 Å². The molecule has 1 heterocycles. The highest BCUT2D eigenvalue weighted by Gasteiger charge is 2.48. The van der Waals surface area contributed by atoms with Crippen molar-refractivity contribution < 1.29 is 28.5 Å². The summed E-state index contributed by atoms with van der Waals surface area (Å²) in [4.78, 5) is 25.0. The summed E-state index contributed by atoms with van der Waals surface area (Å²) in [5.41, 5.74) is 1.79. The molecule has 2 aromatic rings. The predicted octanol–water partition coefficient (Wildman–Crippen LogP) is 3.89. The van der Waals surface area contributed by atoms with Crippen LogP contribution in [0.4, 0.5) is 9.59 Å². The quantitative estimate of drug-likeness (QED) is 0.688. The Morgan fingerprint density at radius 2 is 1.18 bits per heavy atom. The average molecular weight is 455 g/mol. The van der Waals surface area contributed by atoms with Gasteiger partial charge in [0.15, 0.2) is 5.79 Å². The molecule has 4 atom stereocenters. The van der Waals surface area contributed by atoms with Gasteiger partial charge in [0.1, 0.15) is 13.2 Å². The SMILES string of the molecule is CC1(C)O[C@H]2C[C@H](NC(=O)OCc3ccccc3)[C@H](NC(=O)OCc3ccccc3)C[C@H]2O1. The molecule has 0 unspecified atom stereocenters. The Labute approximate surface area is 193 Å². The first-order chi connectivity index (χ1) is 15.9. The van der Waals surface area contributed by atoms with Gasteiger partial charge in [0.2, 0.25) is 0 Å². The number of ether oxygens (including phenoxy) is 4.